The molecule has 1 saturated heterocycles. The Morgan fingerprint density at radius 1 is 1.14 bits per heavy atom. The minimum Gasteiger partial charge on any atom is -0.454 e. The summed E-state index contributed by atoms with van der Waals surface area (Å²) in [6, 6.07) is 7.07. The van der Waals surface area contributed by atoms with E-state index in [1.165, 1.54) is 29.4 Å². The summed E-state index contributed by atoms with van der Waals surface area (Å²) >= 11 is 0. The van der Waals surface area contributed by atoms with E-state index >= 15 is 0 Å². The van der Waals surface area contributed by atoms with E-state index in [0.717, 1.165) is 18.2 Å². The average molecular weight is 425 g/mol. The van der Waals surface area contributed by atoms with Crippen LogP contribution in [0.1, 0.15) is 34.5 Å². The second-order valence-corrected chi connectivity index (χ2v) is 8.62. The van der Waals surface area contributed by atoms with Crippen LogP contribution in [-0.4, -0.2) is 45.0 Å². The number of sulfonamides is 1. The molecule has 2 aromatic rings. The van der Waals surface area contributed by atoms with E-state index in [1.807, 2.05) is 0 Å². The third-order valence-corrected chi connectivity index (χ3v) is 6.73. The summed E-state index contributed by atoms with van der Waals surface area (Å²) in [5.41, 5.74) is 0.384. The van der Waals surface area contributed by atoms with Crippen molar-refractivity contribution in [3.05, 3.63) is 64.7 Å². The van der Waals surface area contributed by atoms with Crippen molar-refractivity contribution in [3.8, 4) is 0 Å². The molecule has 3 rings (SSSR count). The SMILES string of the molecule is Cc1ccc(C(=O)OC(C)c2cc(F)ccc2F)cc1S(=O)(=O)N1CCOCC1. The van der Waals surface area contributed by atoms with Gasteiger partial charge in [0, 0.05) is 18.7 Å². The molecule has 0 aromatic heterocycles. The predicted octanol–water partition coefficient (Wildman–Crippen LogP) is 3.21. The van der Waals surface area contributed by atoms with E-state index in [2.05, 4.69) is 0 Å². The van der Waals surface area contributed by atoms with Crippen molar-refractivity contribution >= 4 is 16.0 Å². The minimum absolute atomic E-state index is 0.00145. The first-order chi connectivity index (χ1) is 13.7. The van der Waals surface area contributed by atoms with Crippen LogP contribution in [0.15, 0.2) is 41.3 Å². The zero-order chi connectivity index (χ0) is 21.2. The van der Waals surface area contributed by atoms with Crippen LogP contribution < -0.4 is 0 Å². The fourth-order valence-corrected chi connectivity index (χ4v) is 4.71. The number of ether oxygens (including phenoxy) is 2. The highest BCUT2D eigenvalue weighted by molar-refractivity contribution is 7.89. The van der Waals surface area contributed by atoms with Gasteiger partial charge in [-0.2, -0.15) is 4.31 Å². The molecule has 1 aliphatic rings. The average Bonchev–Trinajstić information content (AvgIpc) is 2.70. The molecule has 1 aliphatic heterocycles. The minimum atomic E-state index is -3.81. The van der Waals surface area contributed by atoms with E-state index < -0.39 is 33.7 Å². The van der Waals surface area contributed by atoms with Crippen molar-refractivity contribution in [1.29, 1.82) is 0 Å². The number of morpholine rings is 1. The van der Waals surface area contributed by atoms with Crippen molar-refractivity contribution in [1.82, 2.24) is 4.31 Å². The van der Waals surface area contributed by atoms with Crippen molar-refractivity contribution in [2.45, 2.75) is 24.8 Å². The van der Waals surface area contributed by atoms with Gasteiger partial charge in [-0.05, 0) is 49.7 Å². The monoisotopic (exact) mass is 425 g/mol. The molecule has 0 N–H and O–H groups in total. The Morgan fingerprint density at radius 2 is 1.83 bits per heavy atom. The van der Waals surface area contributed by atoms with Gasteiger partial charge >= 0.3 is 5.97 Å². The zero-order valence-electron chi connectivity index (χ0n) is 16.0. The number of hydrogen-bond donors (Lipinski definition) is 0. The largest absolute Gasteiger partial charge is 0.454 e. The van der Waals surface area contributed by atoms with Crippen LogP contribution in [-0.2, 0) is 19.5 Å². The third kappa shape index (κ3) is 4.63. The molecule has 2 aromatic carbocycles. The van der Waals surface area contributed by atoms with E-state index in [9.17, 15) is 22.0 Å². The summed E-state index contributed by atoms with van der Waals surface area (Å²) in [4.78, 5) is 12.5. The van der Waals surface area contributed by atoms with Crippen LogP contribution in [0.4, 0.5) is 8.78 Å². The summed E-state index contributed by atoms with van der Waals surface area (Å²) in [7, 11) is -3.81. The second kappa shape index (κ2) is 8.56. The number of aryl methyl sites for hydroxylation is 1. The first-order valence-corrected chi connectivity index (χ1v) is 10.5. The van der Waals surface area contributed by atoms with Crippen LogP contribution >= 0.6 is 0 Å². The molecular weight excluding hydrogens is 404 g/mol. The van der Waals surface area contributed by atoms with Gasteiger partial charge < -0.3 is 9.47 Å². The van der Waals surface area contributed by atoms with Gasteiger partial charge in [0.05, 0.1) is 23.7 Å². The molecule has 1 atom stereocenters. The van der Waals surface area contributed by atoms with Gasteiger partial charge in [0.15, 0.2) is 0 Å². The van der Waals surface area contributed by atoms with Gasteiger partial charge in [0.1, 0.15) is 17.7 Å². The van der Waals surface area contributed by atoms with Gasteiger partial charge in [0.25, 0.3) is 0 Å². The zero-order valence-corrected chi connectivity index (χ0v) is 16.8. The normalized spacial score (nSPS) is 16.4. The predicted molar refractivity (Wildman–Crippen MR) is 101 cm³/mol. The highest BCUT2D eigenvalue weighted by atomic mass is 32.2. The maximum Gasteiger partial charge on any atom is 0.338 e. The Kier molecular flexibility index (Phi) is 6.30. The number of carbonyl (C=O) groups excluding carboxylic acids is 1. The van der Waals surface area contributed by atoms with E-state index in [4.69, 9.17) is 9.47 Å². The highest BCUT2D eigenvalue weighted by Crippen LogP contribution is 2.25. The van der Waals surface area contributed by atoms with Crippen LogP contribution in [0.3, 0.4) is 0 Å². The summed E-state index contributed by atoms with van der Waals surface area (Å²) in [5, 5.41) is 0. The Morgan fingerprint density at radius 3 is 2.52 bits per heavy atom. The Balaban J connectivity index is 1.85. The fourth-order valence-electron chi connectivity index (χ4n) is 3.05. The lowest BCUT2D eigenvalue weighted by atomic mass is 10.1. The lowest BCUT2D eigenvalue weighted by molar-refractivity contribution is 0.0330. The number of benzene rings is 2. The molecule has 1 unspecified atom stereocenters. The summed E-state index contributed by atoms with van der Waals surface area (Å²) in [6.07, 6.45) is -1.06. The molecule has 1 heterocycles. The van der Waals surface area contributed by atoms with Crippen molar-refractivity contribution < 1.29 is 31.5 Å². The van der Waals surface area contributed by atoms with Gasteiger partial charge in [-0.25, -0.2) is 22.0 Å². The lowest BCUT2D eigenvalue weighted by Gasteiger charge is -2.26. The van der Waals surface area contributed by atoms with Gasteiger partial charge in [-0.15, -0.1) is 0 Å². The summed E-state index contributed by atoms with van der Waals surface area (Å²) < 4.78 is 64.9. The smallest absolute Gasteiger partial charge is 0.338 e. The summed E-state index contributed by atoms with van der Waals surface area (Å²) in [5.74, 6) is -2.19. The van der Waals surface area contributed by atoms with E-state index in [0.29, 0.717) is 18.8 Å². The van der Waals surface area contributed by atoms with Crippen molar-refractivity contribution in [3.63, 3.8) is 0 Å². The molecule has 0 amide bonds. The Bertz CT molecular complexity index is 1020. The molecule has 9 heteroatoms. The van der Waals surface area contributed by atoms with Crippen LogP contribution in [0.25, 0.3) is 0 Å². The first-order valence-electron chi connectivity index (χ1n) is 9.04. The molecule has 29 heavy (non-hydrogen) atoms. The number of rotatable bonds is 5. The molecule has 0 radical (unpaired) electrons. The number of carbonyl (C=O) groups is 1. The first kappa shape index (κ1) is 21.4. The van der Waals surface area contributed by atoms with E-state index in [-0.39, 0.29) is 29.1 Å². The Labute approximate surface area is 168 Å². The maximum absolute atomic E-state index is 13.9. The molecule has 1 fully saturated rings. The standard InChI is InChI=1S/C20H21F2NO5S/c1-13-3-4-15(11-19(13)29(25,26)23-7-9-27-10-8-23)20(24)28-14(2)17-12-16(21)5-6-18(17)22/h3-6,11-12,14H,7-10H2,1-2H3. The summed E-state index contributed by atoms with van der Waals surface area (Å²) in [6.45, 7) is 4.11. The van der Waals surface area contributed by atoms with Crippen LogP contribution in [0.2, 0.25) is 0 Å². The van der Waals surface area contributed by atoms with Crippen molar-refractivity contribution in [2.75, 3.05) is 26.3 Å². The number of hydrogen-bond acceptors (Lipinski definition) is 5. The molecule has 0 spiro atoms. The topological polar surface area (TPSA) is 72.9 Å². The van der Waals surface area contributed by atoms with Gasteiger partial charge in [-0.1, -0.05) is 6.07 Å². The number of esters is 1. The fraction of sp³-hybridized carbons (Fsp3) is 0.350. The third-order valence-electron chi connectivity index (χ3n) is 4.69. The molecule has 0 bridgehead atoms. The van der Waals surface area contributed by atoms with Gasteiger partial charge in [-0.3, -0.25) is 0 Å². The maximum atomic E-state index is 13.9. The van der Waals surface area contributed by atoms with E-state index in [1.54, 1.807) is 6.92 Å². The quantitative estimate of drug-likeness (QED) is 0.688. The van der Waals surface area contributed by atoms with Crippen LogP contribution in [0.5, 0.6) is 0 Å². The lowest BCUT2D eigenvalue weighted by Crippen LogP contribution is -2.40. The molecule has 0 saturated carbocycles. The number of nitrogens with zero attached hydrogens (tertiary/aromatic N) is 1. The molecule has 156 valence electrons. The number of halogens is 2. The van der Waals surface area contributed by atoms with Gasteiger partial charge in [0.2, 0.25) is 10.0 Å². The molecular formula is C20H21F2NO5S. The second-order valence-electron chi connectivity index (χ2n) is 6.71. The molecule has 0 aliphatic carbocycles. The Hall–Kier alpha value is -2.36. The highest BCUT2D eigenvalue weighted by Gasteiger charge is 2.29. The van der Waals surface area contributed by atoms with Crippen LogP contribution in [0, 0.1) is 18.6 Å². The molecule has 6 nitrogen and oxygen atoms in total. The van der Waals surface area contributed by atoms with Crippen molar-refractivity contribution in [2.24, 2.45) is 0 Å².